The van der Waals surface area contributed by atoms with E-state index >= 15 is 0 Å². The fraction of sp³-hybridized carbons (Fsp3) is 0.357. The van der Waals surface area contributed by atoms with Crippen molar-refractivity contribution in [1.29, 1.82) is 0 Å². The highest BCUT2D eigenvalue weighted by Gasteiger charge is 2.25. The molecule has 1 aliphatic rings. The molecule has 5 nitrogen and oxygen atoms in total. The number of sulfone groups is 1. The fourth-order valence-electron chi connectivity index (χ4n) is 2.05. The first-order valence-corrected chi connectivity index (χ1v) is 8.25. The zero-order chi connectivity index (χ0) is 15.5. The van der Waals surface area contributed by atoms with E-state index in [1.807, 2.05) is 0 Å². The van der Waals surface area contributed by atoms with Gasteiger partial charge in [-0.25, -0.2) is 17.6 Å². The molecule has 1 aliphatic heterocycles. The third-order valence-corrected chi connectivity index (χ3v) is 4.89. The number of carboxylic acid groups (broad SMARTS) is 1. The molecule has 1 heterocycles. The molecule has 1 saturated heterocycles. The standard InChI is InChI=1S/C14H15FO5S/c15-12-9-10(2-4-14(16)17)1-3-13(12)20-11-5-7-21(18,19)8-6-11/h1-4,9,11H,5-8H2,(H,16,17)/b4-2+. The Labute approximate surface area is 122 Å². The van der Waals surface area contributed by atoms with Crippen molar-refractivity contribution in [3.05, 3.63) is 35.7 Å². The van der Waals surface area contributed by atoms with E-state index in [0.29, 0.717) is 18.4 Å². The van der Waals surface area contributed by atoms with Crippen LogP contribution in [0.2, 0.25) is 0 Å². The highest BCUT2D eigenvalue weighted by atomic mass is 32.2. The summed E-state index contributed by atoms with van der Waals surface area (Å²) in [6.07, 6.45) is 2.58. The maximum Gasteiger partial charge on any atom is 0.328 e. The number of ether oxygens (including phenoxy) is 1. The second-order valence-electron chi connectivity index (χ2n) is 4.83. The van der Waals surface area contributed by atoms with Crippen LogP contribution in [-0.4, -0.2) is 37.1 Å². The van der Waals surface area contributed by atoms with Crippen LogP contribution in [0.15, 0.2) is 24.3 Å². The van der Waals surface area contributed by atoms with Gasteiger partial charge >= 0.3 is 5.97 Å². The van der Waals surface area contributed by atoms with Crippen LogP contribution in [0.1, 0.15) is 18.4 Å². The molecule has 1 fully saturated rings. The van der Waals surface area contributed by atoms with Gasteiger partial charge in [0.05, 0.1) is 11.5 Å². The van der Waals surface area contributed by atoms with Gasteiger partial charge in [0, 0.05) is 6.08 Å². The van der Waals surface area contributed by atoms with Crippen molar-refractivity contribution in [2.24, 2.45) is 0 Å². The van der Waals surface area contributed by atoms with Gasteiger partial charge in [0.15, 0.2) is 21.4 Å². The topological polar surface area (TPSA) is 80.7 Å². The van der Waals surface area contributed by atoms with Crippen LogP contribution >= 0.6 is 0 Å². The molecule has 1 aromatic carbocycles. The predicted octanol–water partition coefficient (Wildman–Crippen LogP) is 1.88. The first kappa shape index (κ1) is 15.5. The summed E-state index contributed by atoms with van der Waals surface area (Å²) < 4.78 is 41.9. The maximum absolute atomic E-state index is 13.9. The van der Waals surface area contributed by atoms with Crippen LogP contribution in [0.3, 0.4) is 0 Å². The molecular weight excluding hydrogens is 299 g/mol. The van der Waals surface area contributed by atoms with Crippen molar-refractivity contribution in [1.82, 2.24) is 0 Å². The summed E-state index contributed by atoms with van der Waals surface area (Å²) >= 11 is 0. The lowest BCUT2D eigenvalue weighted by Crippen LogP contribution is -2.30. The fourth-order valence-corrected chi connectivity index (χ4v) is 3.50. The minimum atomic E-state index is -2.98. The summed E-state index contributed by atoms with van der Waals surface area (Å²) in [7, 11) is -2.98. The number of rotatable bonds is 4. The Morgan fingerprint density at radius 2 is 2.00 bits per heavy atom. The van der Waals surface area contributed by atoms with Crippen LogP contribution in [-0.2, 0) is 14.6 Å². The SMILES string of the molecule is O=C(O)/C=C/c1ccc(OC2CCS(=O)(=O)CC2)c(F)c1. The molecule has 1 aromatic rings. The van der Waals surface area contributed by atoms with Gasteiger partial charge in [-0.3, -0.25) is 0 Å². The molecule has 21 heavy (non-hydrogen) atoms. The highest BCUT2D eigenvalue weighted by Crippen LogP contribution is 2.24. The Morgan fingerprint density at radius 1 is 1.33 bits per heavy atom. The van der Waals surface area contributed by atoms with Crippen molar-refractivity contribution in [3.8, 4) is 5.75 Å². The Hall–Kier alpha value is -1.89. The van der Waals surface area contributed by atoms with Gasteiger partial charge in [-0.05, 0) is 36.6 Å². The molecule has 0 amide bonds. The van der Waals surface area contributed by atoms with Crippen molar-refractivity contribution >= 4 is 21.9 Å². The van der Waals surface area contributed by atoms with E-state index in [1.54, 1.807) is 0 Å². The second-order valence-corrected chi connectivity index (χ2v) is 7.13. The largest absolute Gasteiger partial charge is 0.487 e. The van der Waals surface area contributed by atoms with Crippen molar-refractivity contribution in [3.63, 3.8) is 0 Å². The highest BCUT2D eigenvalue weighted by molar-refractivity contribution is 7.91. The Bertz CT molecular complexity index is 652. The Balaban J connectivity index is 2.03. The minimum Gasteiger partial charge on any atom is -0.487 e. The summed E-state index contributed by atoms with van der Waals surface area (Å²) in [6, 6.07) is 4.13. The van der Waals surface area contributed by atoms with Gasteiger partial charge in [0.2, 0.25) is 0 Å². The minimum absolute atomic E-state index is 0.0479. The molecule has 0 saturated carbocycles. The lowest BCUT2D eigenvalue weighted by atomic mass is 10.1. The third kappa shape index (κ3) is 4.56. The van der Waals surface area contributed by atoms with Crippen LogP contribution < -0.4 is 4.74 Å². The molecule has 0 unspecified atom stereocenters. The molecule has 0 atom stereocenters. The Kier molecular flexibility index (Phi) is 4.62. The molecule has 0 radical (unpaired) electrons. The van der Waals surface area contributed by atoms with Gasteiger partial charge in [-0.15, -0.1) is 0 Å². The number of benzene rings is 1. The normalized spacial score (nSPS) is 18.7. The molecule has 0 bridgehead atoms. The molecule has 7 heteroatoms. The monoisotopic (exact) mass is 314 g/mol. The van der Waals surface area contributed by atoms with Crippen LogP contribution in [0, 0.1) is 5.82 Å². The molecular formula is C14H15FO5S. The quantitative estimate of drug-likeness (QED) is 0.858. The lowest BCUT2D eigenvalue weighted by Gasteiger charge is -2.23. The molecule has 2 rings (SSSR count). The van der Waals surface area contributed by atoms with E-state index in [4.69, 9.17) is 9.84 Å². The van der Waals surface area contributed by atoms with Crippen LogP contribution in [0.5, 0.6) is 5.75 Å². The number of aliphatic carboxylic acids is 1. The first-order valence-electron chi connectivity index (χ1n) is 6.43. The first-order chi connectivity index (χ1) is 9.85. The molecule has 0 spiro atoms. The zero-order valence-electron chi connectivity index (χ0n) is 11.2. The van der Waals surface area contributed by atoms with Crippen molar-refractivity contribution in [2.45, 2.75) is 18.9 Å². The van der Waals surface area contributed by atoms with E-state index < -0.39 is 21.6 Å². The lowest BCUT2D eigenvalue weighted by molar-refractivity contribution is -0.131. The number of carbonyl (C=O) groups is 1. The summed E-state index contributed by atoms with van der Waals surface area (Å²) in [5.41, 5.74) is 0.411. The van der Waals surface area contributed by atoms with Gasteiger partial charge in [0.25, 0.3) is 0 Å². The van der Waals surface area contributed by atoms with Crippen molar-refractivity contribution < 1.29 is 27.4 Å². The van der Waals surface area contributed by atoms with Gasteiger partial charge in [-0.2, -0.15) is 0 Å². The third-order valence-electron chi connectivity index (χ3n) is 3.17. The average Bonchev–Trinajstić information content (AvgIpc) is 2.41. The van der Waals surface area contributed by atoms with Crippen molar-refractivity contribution in [2.75, 3.05) is 11.5 Å². The number of hydrogen-bond acceptors (Lipinski definition) is 4. The molecule has 114 valence electrons. The predicted molar refractivity (Wildman–Crippen MR) is 75.4 cm³/mol. The second kappa shape index (κ2) is 6.26. The van der Waals surface area contributed by atoms with E-state index in [9.17, 15) is 17.6 Å². The molecule has 0 aromatic heterocycles. The number of hydrogen-bond donors (Lipinski definition) is 1. The van der Waals surface area contributed by atoms with Crippen LogP contribution in [0.25, 0.3) is 6.08 Å². The van der Waals surface area contributed by atoms with Crippen LogP contribution in [0.4, 0.5) is 4.39 Å². The summed E-state index contributed by atoms with van der Waals surface area (Å²) in [5, 5.41) is 8.50. The van der Waals surface area contributed by atoms with E-state index in [0.717, 1.165) is 6.08 Å². The molecule has 0 aliphatic carbocycles. The van der Waals surface area contributed by atoms with Gasteiger partial charge in [-0.1, -0.05) is 6.07 Å². The smallest absolute Gasteiger partial charge is 0.328 e. The Morgan fingerprint density at radius 3 is 2.57 bits per heavy atom. The van der Waals surface area contributed by atoms with Gasteiger partial charge in [0.1, 0.15) is 6.10 Å². The number of halogens is 1. The van der Waals surface area contributed by atoms with E-state index in [-0.39, 0.29) is 23.4 Å². The zero-order valence-corrected chi connectivity index (χ0v) is 12.0. The molecule has 1 N–H and O–H groups in total. The summed E-state index contributed by atoms with van der Waals surface area (Å²) in [6.45, 7) is 0. The van der Waals surface area contributed by atoms with E-state index in [2.05, 4.69) is 0 Å². The summed E-state index contributed by atoms with van der Waals surface area (Å²) in [4.78, 5) is 10.4. The number of carboxylic acids is 1. The average molecular weight is 314 g/mol. The van der Waals surface area contributed by atoms with Gasteiger partial charge < -0.3 is 9.84 Å². The van der Waals surface area contributed by atoms with E-state index in [1.165, 1.54) is 24.3 Å². The summed E-state index contributed by atoms with van der Waals surface area (Å²) in [5.74, 6) is -1.56. The maximum atomic E-state index is 13.9.